The lowest BCUT2D eigenvalue weighted by Gasteiger charge is -2.09. The number of nitro benzene ring substituents is 1. The zero-order chi connectivity index (χ0) is 14.7. The summed E-state index contributed by atoms with van der Waals surface area (Å²) in [6.45, 7) is 0. The van der Waals surface area contributed by atoms with Crippen LogP contribution < -0.4 is 4.74 Å². The van der Waals surface area contributed by atoms with Crippen LogP contribution >= 0.6 is 27.5 Å². The van der Waals surface area contributed by atoms with Gasteiger partial charge >= 0.3 is 0 Å². The molecule has 0 heterocycles. The van der Waals surface area contributed by atoms with Crippen molar-refractivity contribution in [2.24, 2.45) is 0 Å². The van der Waals surface area contributed by atoms with Crippen molar-refractivity contribution in [3.05, 3.63) is 61.6 Å². The number of ether oxygens (including phenoxy) is 1. The Labute approximate surface area is 127 Å². The molecule has 0 atom stereocenters. The highest BCUT2D eigenvalue weighted by Gasteiger charge is 2.17. The molecular formula is C13H7BrClNO4. The Morgan fingerprint density at radius 1 is 1.25 bits per heavy atom. The van der Waals surface area contributed by atoms with Crippen LogP contribution in [-0.4, -0.2) is 11.2 Å². The first-order chi connectivity index (χ1) is 9.52. The SMILES string of the molecule is O=Cc1cc(Cl)ccc1Oc1cccc([N+](=O)[O-])c1Br. The number of rotatable bonds is 4. The van der Waals surface area contributed by atoms with Gasteiger partial charge < -0.3 is 4.74 Å². The standard InChI is InChI=1S/C13H7BrClNO4/c14-13-10(16(18)19)2-1-3-12(13)20-11-5-4-9(15)6-8(11)7-17/h1-7H. The third-order valence-corrected chi connectivity index (χ3v) is 3.49. The van der Waals surface area contributed by atoms with Crippen LogP contribution in [0.2, 0.25) is 5.02 Å². The van der Waals surface area contributed by atoms with E-state index < -0.39 is 4.92 Å². The highest BCUT2D eigenvalue weighted by atomic mass is 79.9. The molecule has 0 spiro atoms. The maximum Gasteiger partial charge on any atom is 0.287 e. The summed E-state index contributed by atoms with van der Waals surface area (Å²) in [5.41, 5.74) is 0.139. The largest absolute Gasteiger partial charge is 0.455 e. The second-order valence-corrected chi connectivity index (χ2v) is 4.98. The molecule has 102 valence electrons. The van der Waals surface area contributed by atoms with Crippen LogP contribution in [0.4, 0.5) is 5.69 Å². The third-order valence-electron chi connectivity index (χ3n) is 2.46. The van der Waals surface area contributed by atoms with E-state index in [0.717, 1.165) is 0 Å². The Morgan fingerprint density at radius 2 is 2.00 bits per heavy atom. The van der Waals surface area contributed by atoms with Gasteiger partial charge in [0, 0.05) is 11.1 Å². The highest BCUT2D eigenvalue weighted by Crippen LogP contribution is 2.37. The highest BCUT2D eigenvalue weighted by molar-refractivity contribution is 9.10. The fraction of sp³-hybridized carbons (Fsp3) is 0. The van der Waals surface area contributed by atoms with Crippen LogP contribution in [0, 0.1) is 10.1 Å². The van der Waals surface area contributed by atoms with E-state index in [2.05, 4.69) is 15.9 Å². The lowest BCUT2D eigenvalue weighted by atomic mass is 10.2. The molecule has 2 aromatic rings. The van der Waals surface area contributed by atoms with Gasteiger partial charge in [0.15, 0.2) is 6.29 Å². The molecule has 20 heavy (non-hydrogen) atoms. The molecule has 5 nitrogen and oxygen atoms in total. The zero-order valence-electron chi connectivity index (χ0n) is 9.88. The predicted molar refractivity (Wildman–Crippen MR) is 77.7 cm³/mol. The molecule has 7 heteroatoms. The zero-order valence-corrected chi connectivity index (χ0v) is 12.2. The molecule has 0 fully saturated rings. The summed E-state index contributed by atoms with van der Waals surface area (Å²) in [6.07, 6.45) is 0.604. The summed E-state index contributed by atoms with van der Waals surface area (Å²) >= 11 is 8.90. The molecule has 0 aliphatic rings. The smallest absolute Gasteiger partial charge is 0.287 e. The van der Waals surface area contributed by atoms with E-state index in [9.17, 15) is 14.9 Å². The monoisotopic (exact) mass is 355 g/mol. The van der Waals surface area contributed by atoms with Crippen molar-refractivity contribution in [2.75, 3.05) is 0 Å². The Bertz CT molecular complexity index is 690. The first kappa shape index (κ1) is 14.5. The minimum atomic E-state index is -0.528. The van der Waals surface area contributed by atoms with Crippen LogP contribution in [-0.2, 0) is 0 Å². The maximum atomic E-state index is 11.0. The number of benzene rings is 2. The Hall–Kier alpha value is -1.92. The van der Waals surface area contributed by atoms with Gasteiger partial charge in [-0.3, -0.25) is 14.9 Å². The summed E-state index contributed by atoms with van der Waals surface area (Å²) < 4.78 is 5.74. The van der Waals surface area contributed by atoms with Gasteiger partial charge in [-0.05, 0) is 40.2 Å². The average Bonchev–Trinajstić information content (AvgIpc) is 2.42. The Morgan fingerprint density at radius 3 is 2.65 bits per heavy atom. The molecule has 0 saturated carbocycles. The van der Waals surface area contributed by atoms with Crippen LogP contribution in [0.1, 0.15) is 10.4 Å². The number of aldehydes is 1. The quantitative estimate of drug-likeness (QED) is 0.455. The van der Waals surface area contributed by atoms with Crippen molar-refractivity contribution >= 4 is 39.5 Å². The first-order valence-electron chi connectivity index (χ1n) is 5.38. The van der Waals surface area contributed by atoms with Gasteiger partial charge in [-0.1, -0.05) is 17.7 Å². The lowest BCUT2D eigenvalue weighted by molar-refractivity contribution is -0.385. The number of carbonyl (C=O) groups is 1. The van der Waals surface area contributed by atoms with E-state index in [1.807, 2.05) is 0 Å². The molecule has 0 bridgehead atoms. The van der Waals surface area contributed by atoms with Gasteiger partial charge in [0.1, 0.15) is 16.0 Å². The van der Waals surface area contributed by atoms with Crippen molar-refractivity contribution in [3.8, 4) is 11.5 Å². The van der Waals surface area contributed by atoms with Crippen molar-refractivity contribution in [1.29, 1.82) is 0 Å². The molecule has 2 rings (SSSR count). The lowest BCUT2D eigenvalue weighted by Crippen LogP contribution is -1.94. The van der Waals surface area contributed by atoms with Gasteiger partial charge in [-0.15, -0.1) is 0 Å². The van der Waals surface area contributed by atoms with E-state index in [4.69, 9.17) is 16.3 Å². The topological polar surface area (TPSA) is 69.4 Å². The fourth-order valence-electron chi connectivity index (χ4n) is 1.54. The van der Waals surface area contributed by atoms with Crippen molar-refractivity contribution < 1.29 is 14.5 Å². The van der Waals surface area contributed by atoms with E-state index >= 15 is 0 Å². The number of carbonyl (C=O) groups excluding carboxylic acids is 1. The van der Waals surface area contributed by atoms with Gasteiger partial charge in [-0.25, -0.2) is 0 Å². The number of hydrogen-bond donors (Lipinski definition) is 0. The summed E-state index contributed by atoms with van der Waals surface area (Å²) in [5, 5.41) is 11.2. The molecule has 0 radical (unpaired) electrons. The summed E-state index contributed by atoms with van der Waals surface area (Å²) in [7, 11) is 0. The van der Waals surface area contributed by atoms with Crippen molar-refractivity contribution in [3.63, 3.8) is 0 Å². The molecule has 0 unspecified atom stereocenters. The second-order valence-electron chi connectivity index (χ2n) is 3.75. The molecule has 0 aromatic heterocycles. The third kappa shape index (κ3) is 2.97. The van der Waals surface area contributed by atoms with E-state index in [-0.39, 0.29) is 27.2 Å². The molecule has 0 amide bonds. The summed E-state index contributed by atoms with van der Waals surface area (Å²) in [5.74, 6) is 0.509. The van der Waals surface area contributed by atoms with Crippen LogP contribution in [0.3, 0.4) is 0 Å². The Kier molecular flexibility index (Phi) is 4.36. The normalized spacial score (nSPS) is 10.1. The minimum absolute atomic E-state index is 0.121. The second kappa shape index (κ2) is 6.02. The van der Waals surface area contributed by atoms with Gasteiger partial charge in [0.05, 0.1) is 10.5 Å². The minimum Gasteiger partial charge on any atom is -0.455 e. The number of hydrogen-bond acceptors (Lipinski definition) is 4. The predicted octanol–water partition coefficient (Wildman–Crippen LogP) is 4.62. The average molecular weight is 357 g/mol. The van der Waals surface area contributed by atoms with Crippen LogP contribution in [0.15, 0.2) is 40.9 Å². The number of halogens is 2. The molecule has 0 aliphatic heterocycles. The van der Waals surface area contributed by atoms with E-state index in [1.54, 1.807) is 12.1 Å². The molecule has 0 saturated heterocycles. The number of nitrogens with zero attached hydrogens (tertiary/aromatic N) is 1. The summed E-state index contributed by atoms with van der Waals surface area (Å²) in [6, 6.07) is 8.94. The molecule has 0 aliphatic carbocycles. The van der Waals surface area contributed by atoms with Gasteiger partial charge in [0.25, 0.3) is 5.69 Å². The van der Waals surface area contributed by atoms with Gasteiger partial charge in [0.2, 0.25) is 0 Å². The van der Waals surface area contributed by atoms with Crippen LogP contribution in [0.5, 0.6) is 11.5 Å². The van der Waals surface area contributed by atoms with Crippen molar-refractivity contribution in [2.45, 2.75) is 0 Å². The molecule has 0 N–H and O–H groups in total. The van der Waals surface area contributed by atoms with E-state index in [1.165, 1.54) is 24.3 Å². The molecular weight excluding hydrogens is 350 g/mol. The first-order valence-corrected chi connectivity index (χ1v) is 6.55. The van der Waals surface area contributed by atoms with Crippen molar-refractivity contribution in [1.82, 2.24) is 0 Å². The van der Waals surface area contributed by atoms with Gasteiger partial charge in [-0.2, -0.15) is 0 Å². The molecule has 2 aromatic carbocycles. The summed E-state index contributed by atoms with van der Waals surface area (Å²) in [4.78, 5) is 21.3. The maximum absolute atomic E-state index is 11.0. The fourth-order valence-corrected chi connectivity index (χ4v) is 2.21. The number of nitro groups is 1. The van der Waals surface area contributed by atoms with E-state index in [0.29, 0.717) is 11.3 Å². The Balaban J connectivity index is 2.43. The van der Waals surface area contributed by atoms with Crippen LogP contribution in [0.25, 0.3) is 0 Å².